The first kappa shape index (κ1) is 13.7. The molecule has 1 aliphatic rings. The third-order valence-electron chi connectivity index (χ3n) is 3.57. The molecular formula is C13H16F2N6. The van der Waals surface area contributed by atoms with Crippen LogP contribution in [0.1, 0.15) is 12.8 Å². The Morgan fingerprint density at radius 3 is 2.57 bits per heavy atom. The first-order chi connectivity index (χ1) is 9.94. The molecule has 0 saturated carbocycles. The Morgan fingerprint density at radius 2 is 1.95 bits per heavy atom. The van der Waals surface area contributed by atoms with Crippen LogP contribution >= 0.6 is 0 Å². The number of aryl methyl sites for hydroxylation is 1. The van der Waals surface area contributed by atoms with Crippen molar-refractivity contribution in [2.45, 2.75) is 18.8 Å². The number of hydrogen-bond donors (Lipinski definition) is 1. The standard InChI is InChI=1S/C13H16F2N6/c1-20-8-10(18-19-20)9-2-3-11(16)17-12(9)21-6-4-13(14,15)5-7-21/h2-3,8H,4-7H2,1H3,(H2,16,17). The minimum atomic E-state index is -2.59. The summed E-state index contributed by atoms with van der Waals surface area (Å²) in [6.45, 7) is 0.493. The number of rotatable bonds is 2. The first-order valence-corrected chi connectivity index (χ1v) is 6.71. The van der Waals surface area contributed by atoms with Gasteiger partial charge in [0, 0.05) is 38.5 Å². The number of nitrogens with two attached hydrogens (primary N) is 1. The molecule has 0 unspecified atom stereocenters. The maximum absolute atomic E-state index is 13.3. The second kappa shape index (κ2) is 4.94. The van der Waals surface area contributed by atoms with E-state index in [4.69, 9.17) is 5.73 Å². The summed E-state index contributed by atoms with van der Waals surface area (Å²) >= 11 is 0. The van der Waals surface area contributed by atoms with Gasteiger partial charge in [0.2, 0.25) is 0 Å². The third kappa shape index (κ3) is 2.79. The fourth-order valence-corrected chi connectivity index (χ4v) is 2.42. The van der Waals surface area contributed by atoms with Gasteiger partial charge in [0.25, 0.3) is 5.92 Å². The Kier molecular flexibility index (Phi) is 3.23. The fraction of sp³-hybridized carbons (Fsp3) is 0.462. The molecule has 21 heavy (non-hydrogen) atoms. The van der Waals surface area contributed by atoms with E-state index in [2.05, 4.69) is 15.3 Å². The SMILES string of the molecule is Cn1cc(-c2ccc(N)nc2N2CCC(F)(F)CC2)nn1. The summed E-state index contributed by atoms with van der Waals surface area (Å²) in [5.74, 6) is -1.65. The smallest absolute Gasteiger partial charge is 0.251 e. The Labute approximate surface area is 120 Å². The normalized spacial score (nSPS) is 18.0. The van der Waals surface area contributed by atoms with Crippen LogP contribution in [0.5, 0.6) is 0 Å². The maximum Gasteiger partial charge on any atom is 0.251 e. The highest BCUT2D eigenvalue weighted by Crippen LogP contribution is 2.34. The van der Waals surface area contributed by atoms with E-state index in [0.29, 0.717) is 17.3 Å². The summed E-state index contributed by atoms with van der Waals surface area (Å²) in [6.07, 6.45) is 1.40. The highest BCUT2D eigenvalue weighted by Gasteiger charge is 2.35. The lowest BCUT2D eigenvalue weighted by Gasteiger charge is -2.33. The van der Waals surface area contributed by atoms with Crippen LogP contribution in [0.4, 0.5) is 20.4 Å². The van der Waals surface area contributed by atoms with Crippen molar-refractivity contribution >= 4 is 11.6 Å². The lowest BCUT2D eigenvalue weighted by molar-refractivity contribution is -0.0221. The minimum absolute atomic E-state index is 0.177. The van der Waals surface area contributed by atoms with E-state index in [1.807, 2.05) is 4.90 Å². The molecule has 6 nitrogen and oxygen atoms in total. The van der Waals surface area contributed by atoms with E-state index < -0.39 is 5.92 Å². The number of anilines is 2. The molecule has 0 atom stereocenters. The summed E-state index contributed by atoms with van der Waals surface area (Å²) in [5.41, 5.74) is 7.15. The van der Waals surface area contributed by atoms with Crippen molar-refractivity contribution < 1.29 is 8.78 Å². The van der Waals surface area contributed by atoms with Crippen molar-refractivity contribution in [1.29, 1.82) is 0 Å². The van der Waals surface area contributed by atoms with Crippen molar-refractivity contribution in [2.75, 3.05) is 23.7 Å². The monoisotopic (exact) mass is 294 g/mol. The van der Waals surface area contributed by atoms with Crippen molar-refractivity contribution in [2.24, 2.45) is 7.05 Å². The van der Waals surface area contributed by atoms with Crippen LogP contribution < -0.4 is 10.6 Å². The zero-order chi connectivity index (χ0) is 15.0. The highest BCUT2D eigenvalue weighted by atomic mass is 19.3. The van der Waals surface area contributed by atoms with Crippen LogP contribution in [-0.4, -0.2) is 39.0 Å². The molecule has 112 valence electrons. The van der Waals surface area contributed by atoms with E-state index >= 15 is 0 Å². The predicted molar refractivity (Wildman–Crippen MR) is 75.0 cm³/mol. The van der Waals surface area contributed by atoms with Crippen molar-refractivity contribution in [3.05, 3.63) is 18.3 Å². The number of nitrogens with zero attached hydrogens (tertiary/aromatic N) is 5. The quantitative estimate of drug-likeness (QED) is 0.912. The van der Waals surface area contributed by atoms with Crippen LogP contribution in [0.15, 0.2) is 18.3 Å². The van der Waals surface area contributed by atoms with Gasteiger partial charge in [-0.25, -0.2) is 13.8 Å². The summed E-state index contributed by atoms with van der Waals surface area (Å²) in [7, 11) is 1.77. The van der Waals surface area contributed by atoms with E-state index in [0.717, 1.165) is 5.56 Å². The van der Waals surface area contributed by atoms with Crippen LogP contribution in [0, 0.1) is 0 Å². The molecular weight excluding hydrogens is 278 g/mol. The van der Waals surface area contributed by atoms with E-state index in [9.17, 15) is 8.78 Å². The van der Waals surface area contributed by atoms with Gasteiger partial charge in [-0.15, -0.1) is 5.10 Å². The second-order valence-corrected chi connectivity index (χ2v) is 5.23. The molecule has 0 aliphatic carbocycles. The van der Waals surface area contributed by atoms with Gasteiger partial charge < -0.3 is 10.6 Å². The number of nitrogen functional groups attached to an aromatic ring is 1. The molecule has 1 fully saturated rings. The lowest BCUT2D eigenvalue weighted by atomic mass is 10.1. The van der Waals surface area contributed by atoms with Crippen LogP contribution in [0.3, 0.4) is 0 Å². The summed E-state index contributed by atoms with van der Waals surface area (Å²) < 4.78 is 28.2. The number of pyridine rings is 1. The zero-order valence-electron chi connectivity index (χ0n) is 11.6. The zero-order valence-corrected chi connectivity index (χ0v) is 11.6. The fourth-order valence-electron chi connectivity index (χ4n) is 2.42. The Bertz CT molecular complexity index is 644. The molecule has 2 aromatic heterocycles. The predicted octanol–water partition coefficient (Wildman–Crippen LogP) is 1.69. The molecule has 0 spiro atoms. The first-order valence-electron chi connectivity index (χ1n) is 6.71. The van der Waals surface area contributed by atoms with Crippen LogP contribution in [0.25, 0.3) is 11.3 Å². The van der Waals surface area contributed by atoms with Crippen molar-refractivity contribution in [3.8, 4) is 11.3 Å². The van der Waals surface area contributed by atoms with Crippen molar-refractivity contribution in [3.63, 3.8) is 0 Å². The van der Waals surface area contributed by atoms with E-state index in [1.165, 1.54) is 0 Å². The number of hydrogen-bond acceptors (Lipinski definition) is 5. The van der Waals surface area contributed by atoms with Gasteiger partial charge in [-0.3, -0.25) is 4.68 Å². The molecule has 2 aromatic rings. The Balaban J connectivity index is 1.96. The molecule has 3 heterocycles. The van der Waals surface area contributed by atoms with E-state index in [1.54, 1.807) is 30.1 Å². The van der Waals surface area contributed by atoms with Gasteiger partial charge >= 0.3 is 0 Å². The van der Waals surface area contributed by atoms with Gasteiger partial charge in [0.05, 0.1) is 6.20 Å². The molecule has 8 heteroatoms. The third-order valence-corrected chi connectivity index (χ3v) is 3.57. The minimum Gasteiger partial charge on any atom is -0.384 e. The van der Waals surface area contributed by atoms with Gasteiger partial charge in [-0.05, 0) is 12.1 Å². The molecule has 1 aliphatic heterocycles. The van der Waals surface area contributed by atoms with Gasteiger partial charge in [-0.1, -0.05) is 5.21 Å². The average Bonchev–Trinajstić information content (AvgIpc) is 2.85. The van der Waals surface area contributed by atoms with E-state index in [-0.39, 0.29) is 25.9 Å². The highest BCUT2D eigenvalue weighted by molar-refractivity contribution is 5.74. The topological polar surface area (TPSA) is 72.9 Å². The molecule has 2 N–H and O–H groups in total. The second-order valence-electron chi connectivity index (χ2n) is 5.23. The van der Waals surface area contributed by atoms with Gasteiger partial charge in [0.1, 0.15) is 17.3 Å². The molecule has 0 bridgehead atoms. The summed E-state index contributed by atoms with van der Waals surface area (Å²) in [5, 5.41) is 7.95. The molecule has 0 radical (unpaired) electrons. The van der Waals surface area contributed by atoms with Gasteiger partial charge in [-0.2, -0.15) is 0 Å². The molecule has 3 rings (SSSR count). The largest absolute Gasteiger partial charge is 0.384 e. The Morgan fingerprint density at radius 1 is 1.24 bits per heavy atom. The number of piperidine rings is 1. The molecule has 1 saturated heterocycles. The molecule has 0 aromatic carbocycles. The number of aromatic nitrogens is 4. The summed E-state index contributed by atoms with van der Waals surface area (Å²) in [4.78, 5) is 6.14. The number of halogens is 2. The van der Waals surface area contributed by atoms with Crippen LogP contribution in [-0.2, 0) is 7.05 Å². The Hall–Kier alpha value is -2.25. The average molecular weight is 294 g/mol. The number of alkyl halides is 2. The maximum atomic E-state index is 13.3. The molecule has 0 amide bonds. The lowest BCUT2D eigenvalue weighted by Crippen LogP contribution is -2.40. The van der Waals surface area contributed by atoms with Crippen molar-refractivity contribution in [1.82, 2.24) is 20.0 Å². The van der Waals surface area contributed by atoms with Crippen LogP contribution in [0.2, 0.25) is 0 Å². The van der Waals surface area contributed by atoms with Gasteiger partial charge in [0.15, 0.2) is 0 Å². The summed E-state index contributed by atoms with van der Waals surface area (Å²) in [6, 6.07) is 3.47.